The molecule has 0 fully saturated rings. The van der Waals surface area contributed by atoms with Gasteiger partial charge < -0.3 is 9.15 Å². The predicted molar refractivity (Wildman–Crippen MR) is 76.0 cm³/mol. The SMILES string of the molecule is CC(C)Oc1cccc(C(=O)NN=Cc2ccoc2)c1. The Labute approximate surface area is 117 Å². The maximum atomic E-state index is 11.9. The van der Waals surface area contributed by atoms with Crippen molar-refractivity contribution in [3.05, 3.63) is 54.0 Å². The number of hydrazone groups is 1. The minimum absolute atomic E-state index is 0.0624. The molecule has 1 aromatic heterocycles. The van der Waals surface area contributed by atoms with E-state index in [0.29, 0.717) is 11.3 Å². The second-order valence-corrected chi connectivity index (χ2v) is 4.45. The Hall–Kier alpha value is -2.56. The number of carbonyl (C=O) groups is 1. The molecule has 2 aromatic rings. The quantitative estimate of drug-likeness (QED) is 0.672. The average Bonchev–Trinajstić information content (AvgIpc) is 2.91. The van der Waals surface area contributed by atoms with Gasteiger partial charge in [0, 0.05) is 11.1 Å². The van der Waals surface area contributed by atoms with Crippen molar-refractivity contribution in [1.82, 2.24) is 5.43 Å². The summed E-state index contributed by atoms with van der Waals surface area (Å²) in [4.78, 5) is 11.9. The van der Waals surface area contributed by atoms with Crippen LogP contribution in [0.15, 0.2) is 52.4 Å². The van der Waals surface area contributed by atoms with Gasteiger partial charge in [-0.2, -0.15) is 5.10 Å². The molecule has 1 heterocycles. The topological polar surface area (TPSA) is 63.8 Å². The molecule has 5 heteroatoms. The van der Waals surface area contributed by atoms with Gasteiger partial charge in [0.15, 0.2) is 0 Å². The summed E-state index contributed by atoms with van der Waals surface area (Å²) in [6.45, 7) is 3.86. The zero-order valence-corrected chi connectivity index (χ0v) is 11.4. The van der Waals surface area contributed by atoms with Gasteiger partial charge in [-0.1, -0.05) is 6.07 Å². The second kappa shape index (κ2) is 6.56. The molecular formula is C15H16N2O3. The van der Waals surface area contributed by atoms with Gasteiger partial charge in [-0.3, -0.25) is 4.79 Å². The fraction of sp³-hybridized carbons (Fsp3) is 0.200. The number of furan rings is 1. The molecule has 20 heavy (non-hydrogen) atoms. The molecule has 104 valence electrons. The maximum absolute atomic E-state index is 11.9. The molecule has 2 rings (SSSR count). The van der Waals surface area contributed by atoms with E-state index in [9.17, 15) is 4.79 Å². The monoisotopic (exact) mass is 272 g/mol. The van der Waals surface area contributed by atoms with Crippen LogP contribution in [0.2, 0.25) is 0 Å². The van der Waals surface area contributed by atoms with Gasteiger partial charge in [0.1, 0.15) is 5.75 Å². The molecule has 0 aliphatic heterocycles. The third kappa shape index (κ3) is 3.98. The van der Waals surface area contributed by atoms with Crippen LogP contribution in [0.25, 0.3) is 0 Å². The summed E-state index contributed by atoms with van der Waals surface area (Å²) < 4.78 is 10.4. The molecule has 0 aliphatic rings. The van der Waals surface area contributed by atoms with E-state index in [1.807, 2.05) is 19.9 Å². The Kier molecular flexibility index (Phi) is 4.55. The van der Waals surface area contributed by atoms with Crippen molar-refractivity contribution < 1.29 is 13.9 Å². The summed E-state index contributed by atoms with van der Waals surface area (Å²) >= 11 is 0. The zero-order valence-electron chi connectivity index (χ0n) is 11.4. The Bertz CT molecular complexity index is 589. The van der Waals surface area contributed by atoms with E-state index in [2.05, 4.69) is 10.5 Å². The number of benzene rings is 1. The molecule has 0 spiro atoms. The van der Waals surface area contributed by atoms with Crippen molar-refractivity contribution in [2.24, 2.45) is 5.10 Å². The van der Waals surface area contributed by atoms with Crippen LogP contribution in [0.3, 0.4) is 0 Å². The highest BCUT2D eigenvalue weighted by Crippen LogP contribution is 2.14. The summed E-state index contributed by atoms with van der Waals surface area (Å²) in [5.41, 5.74) is 3.72. The van der Waals surface area contributed by atoms with E-state index in [1.165, 1.54) is 18.7 Å². The van der Waals surface area contributed by atoms with Crippen LogP contribution in [0.4, 0.5) is 0 Å². The van der Waals surface area contributed by atoms with Gasteiger partial charge in [-0.15, -0.1) is 0 Å². The Balaban J connectivity index is 1.98. The number of hydrogen-bond donors (Lipinski definition) is 1. The average molecular weight is 272 g/mol. The fourth-order valence-electron chi connectivity index (χ4n) is 1.56. The first-order chi connectivity index (χ1) is 9.65. The normalized spacial score (nSPS) is 10.9. The number of rotatable bonds is 5. The van der Waals surface area contributed by atoms with Crippen LogP contribution in [-0.2, 0) is 0 Å². The smallest absolute Gasteiger partial charge is 0.271 e. The number of hydrogen-bond acceptors (Lipinski definition) is 4. The Morgan fingerprint density at radius 3 is 2.95 bits per heavy atom. The molecule has 0 unspecified atom stereocenters. The molecular weight excluding hydrogens is 256 g/mol. The largest absolute Gasteiger partial charge is 0.491 e. The van der Waals surface area contributed by atoms with Crippen LogP contribution in [0, 0.1) is 0 Å². The van der Waals surface area contributed by atoms with Gasteiger partial charge in [0.25, 0.3) is 5.91 Å². The number of nitrogens with one attached hydrogen (secondary N) is 1. The highest BCUT2D eigenvalue weighted by molar-refractivity contribution is 5.95. The highest BCUT2D eigenvalue weighted by atomic mass is 16.5. The van der Waals surface area contributed by atoms with Crippen molar-refractivity contribution in [1.29, 1.82) is 0 Å². The van der Waals surface area contributed by atoms with Crippen LogP contribution >= 0.6 is 0 Å². The lowest BCUT2D eigenvalue weighted by molar-refractivity contribution is 0.0954. The lowest BCUT2D eigenvalue weighted by atomic mass is 10.2. The molecule has 5 nitrogen and oxygen atoms in total. The van der Waals surface area contributed by atoms with E-state index in [4.69, 9.17) is 9.15 Å². The van der Waals surface area contributed by atoms with Crippen molar-refractivity contribution in [2.75, 3.05) is 0 Å². The summed E-state index contributed by atoms with van der Waals surface area (Å²) in [5, 5.41) is 3.86. The number of carbonyl (C=O) groups excluding carboxylic acids is 1. The molecule has 1 N–H and O–H groups in total. The lowest BCUT2D eigenvalue weighted by Crippen LogP contribution is -2.17. The molecule has 1 aromatic carbocycles. The van der Waals surface area contributed by atoms with Crippen molar-refractivity contribution in [3.8, 4) is 5.75 Å². The van der Waals surface area contributed by atoms with Gasteiger partial charge in [0.05, 0.1) is 24.8 Å². The Morgan fingerprint density at radius 1 is 1.40 bits per heavy atom. The van der Waals surface area contributed by atoms with E-state index in [-0.39, 0.29) is 12.0 Å². The fourth-order valence-corrected chi connectivity index (χ4v) is 1.56. The summed E-state index contributed by atoms with van der Waals surface area (Å²) in [7, 11) is 0. The summed E-state index contributed by atoms with van der Waals surface area (Å²) in [5.74, 6) is 0.366. The lowest BCUT2D eigenvalue weighted by Gasteiger charge is -2.10. The summed E-state index contributed by atoms with van der Waals surface area (Å²) in [6, 6.07) is 8.71. The molecule has 0 atom stereocenters. The van der Waals surface area contributed by atoms with Gasteiger partial charge in [-0.25, -0.2) is 5.43 Å². The second-order valence-electron chi connectivity index (χ2n) is 4.45. The van der Waals surface area contributed by atoms with E-state index >= 15 is 0 Å². The molecule has 0 aliphatic carbocycles. The number of ether oxygens (including phenoxy) is 1. The van der Waals surface area contributed by atoms with Gasteiger partial charge in [-0.05, 0) is 38.1 Å². The molecule has 0 bridgehead atoms. The van der Waals surface area contributed by atoms with E-state index in [1.54, 1.807) is 24.3 Å². The van der Waals surface area contributed by atoms with Crippen LogP contribution in [-0.4, -0.2) is 18.2 Å². The van der Waals surface area contributed by atoms with Crippen LogP contribution < -0.4 is 10.2 Å². The van der Waals surface area contributed by atoms with Crippen LogP contribution in [0.5, 0.6) is 5.75 Å². The number of amides is 1. The van der Waals surface area contributed by atoms with E-state index < -0.39 is 0 Å². The van der Waals surface area contributed by atoms with Crippen molar-refractivity contribution >= 4 is 12.1 Å². The van der Waals surface area contributed by atoms with Crippen molar-refractivity contribution in [2.45, 2.75) is 20.0 Å². The minimum Gasteiger partial charge on any atom is -0.491 e. The number of nitrogens with zero attached hydrogens (tertiary/aromatic N) is 1. The molecule has 0 radical (unpaired) electrons. The third-order valence-electron chi connectivity index (χ3n) is 2.39. The third-order valence-corrected chi connectivity index (χ3v) is 2.39. The first-order valence-corrected chi connectivity index (χ1v) is 6.27. The standard InChI is InChI=1S/C15H16N2O3/c1-11(2)20-14-5-3-4-13(8-14)15(18)17-16-9-12-6-7-19-10-12/h3-11H,1-2H3,(H,17,18). The van der Waals surface area contributed by atoms with E-state index in [0.717, 1.165) is 5.56 Å². The highest BCUT2D eigenvalue weighted by Gasteiger charge is 2.06. The molecule has 1 amide bonds. The van der Waals surface area contributed by atoms with Gasteiger partial charge >= 0.3 is 0 Å². The van der Waals surface area contributed by atoms with Gasteiger partial charge in [0.2, 0.25) is 0 Å². The first kappa shape index (κ1) is 13.9. The molecule has 0 saturated heterocycles. The predicted octanol–water partition coefficient (Wildman–Crippen LogP) is 2.83. The zero-order chi connectivity index (χ0) is 14.4. The minimum atomic E-state index is -0.293. The van der Waals surface area contributed by atoms with Crippen molar-refractivity contribution in [3.63, 3.8) is 0 Å². The molecule has 0 saturated carbocycles. The Morgan fingerprint density at radius 2 is 2.25 bits per heavy atom. The van der Waals surface area contributed by atoms with Crippen LogP contribution in [0.1, 0.15) is 29.8 Å². The summed E-state index contributed by atoms with van der Waals surface area (Å²) in [6.07, 6.45) is 4.64. The first-order valence-electron chi connectivity index (χ1n) is 6.27. The maximum Gasteiger partial charge on any atom is 0.271 e.